The lowest BCUT2D eigenvalue weighted by atomic mass is 10.1. The zero-order chi connectivity index (χ0) is 18.8. The van der Waals surface area contributed by atoms with Gasteiger partial charge in [0, 0.05) is 29.0 Å². The Morgan fingerprint density at radius 3 is 2.85 bits per heavy atom. The van der Waals surface area contributed by atoms with E-state index in [1.807, 2.05) is 41.2 Å². The Morgan fingerprint density at radius 1 is 1.19 bits per heavy atom. The van der Waals surface area contributed by atoms with Crippen molar-refractivity contribution < 1.29 is 9.18 Å². The van der Waals surface area contributed by atoms with Gasteiger partial charge in [0.15, 0.2) is 0 Å². The topological polar surface area (TPSA) is 46.9 Å². The van der Waals surface area contributed by atoms with Crippen LogP contribution in [0.5, 0.6) is 0 Å². The summed E-state index contributed by atoms with van der Waals surface area (Å²) in [6, 6.07) is 14.2. The fourth-order valence-corrected chi connectivity index (χ4v) is 4.32. The van der Waals surface area contributed by atoms with Crippen LogP contribution in [0, 0.1) is 5.82 Å². The molecule has 27 heavy (non-hydrogen) atoms. The molecule has 136 valence electrons. The van der Waals surface area contributed by atoms with Crippen LogP contribution in [0.25, 0.3) is 10.1 Å². The third-order valence-electron chi connectivity index (χ3n) is 4.15. The first-order valence-electron chi connectivity index (χ1n) is 8.31. The Balaban J connectivity index is 1.47. The van der Waals surface area contributed by atoms with Crippen LogP contribution >= 0.6 is 22.9 Å². The molecular weight excluding hydrogens is 385 g/mol. The summed E-state index contributed by atoms with van der Waals surface area (Å²) in [6.07, 6.45) is 3.64. The molecule has 4 nitrogen and oxygen atoms in total. The Bertz CT molecular complexity index is 1110. The number of thiophene rings is 1. The monoisotopic (exact) mass is 399 g/mol. The number of hydrogen-bond acceptors (Lipinski definition) is 3. The number of carbonyl (C=O) groups excluding carboxylic acids is 1. The minimum atomic E-state index is -0.346. The quantitative estimate of drug-likeness (QED) is 0.520. The molecule has 0 spiro atoms. The van der Waals surface area contributed by atoms with Crippen LogP contribution in [0.4, 0.5) is 4.39 Å². The first kappa shape index (κ1) is 17.7. The van der Waals surface area contributed by atoms with E-state index >= 15 is 0 Å². The molecule has 0 aliphatic heterocycles. The lowest BCUT2D eigenvalue weighted by molar-refractivity contribution is 0.0955. The number of fused-ring (bicyclic) bond motifs is 1. The highest BCUT2D eigenvalue weighted by molar-refractivity contribution is 7.21. The summed E-state index contributed by atoms with van der Waals surface area (Å²) in [5.41, 5.74) is 2.08. The van der Waals surface area contributed by atoms with Gasteiger partial charge in [-0.05, 0) is 35.4 Å². The van der Waals surface area contributed by atoms with Crippen molar-refractivity contribution in [2.75, 3.05) is 0 Å². The Labute approximate surface area is 164 Å². The van der Waals surface area contributed by atoms with E-state index in [1.165, 1.54) is 23.5 Å². The van der Waals surface area contributed by atoms with Crippen molar-refractivity contribution >= 4 is 38.9 Å². The molecule has 0 fully saturated rings. The van der Waals surface area contributed by atoms with Crippen molar-refractivity contribution in [3.63, 3.8) is 0 Å². The second-order valence-electron chi connectivity index (χ2n) is 6.09. The van der Waals surface area contributed by atoms with Gasteiger partial charge in [0.25, 0.3) is 5.91 Å². The molecule has 2 heterocycles. The number of aromatic nitrogens is 2. The van der Waals surface area contributed by atoms with Gasteiger partial charge in [-0.1, -0.05) is 35.9 Å². The molecule has 0 atom stereocenters. The molecule has 4 aromatic rings. The molecule has 0 aliphatic rings. The highest BCUT2D eigenvalue weighted by Gasteiger charge is 2.17. The first-order chi connectivity index (χ1) is 13.1. The van der Waals surface area contributed by atoms with Crippen LogP contribution in [-0.4, -0.2) is 15.7 Å². The van der Waals surface area contributed by atoms with Crippen LogP contribution < -0.4 is 5.32 Å². The Hall–Kier alpha value is -2.70. The van der Waals surface area contributed by atoms with Gasteiger partial charge in [-0.25, -0.2) is 4.39 Å². The van der Waals surface area contributed by atoms with Crippen molar-refractivity contribution in [3.8, 4) is 0 Å². The van der Waals surface area contributed by atoms with Crippen LogP contribution in [0.3, 0.4) is 0 Å². The van der Waals surface area contributed by atoms with Gasteiger partial charge in [0.1, 0.15) is 10.7 Å². The fraction of sp³-hybridized carbons (Fsp3) is 0.100. The fourth-order valence-electron chi connectivity index (χ4n) is 2.87. The van der Waals surface area contributed by atoms with E-state index in [-0.39, 0.29) is 11.7 Å². The lowest BCUT2D eigenvalue weighted by Gasteiger charge is -2.07. The van der Waals surface area contributed by atoms with Gasteiger partial charge in [0.2, 0.25) is 0 Å². The van der Waals surface area contributed by atoms with Gasteiger partial charge < -0.3 is 5.32 Å². The number of carbonyl (C=O) groups is 1. The minimum absolute atomic E-state index is 0.265. The van der Waals surface area contributed by atoms with Crippen molar-refractivity contribution in [2.45, 2.75) is 13.1 Å². The number of halogens is 2. The zero-order valence-electron chi connectivity index (χ0n) is 14.2. The number of hydrogen-bond donors (Lipinski definition) is 1. The van der Waals surface area contributed by atoms with Crippen molar-refractivity contribution in [3.05, 3.63) is 87.8 Å². The first-order valence-corrected chi connectivity index (χ1v) is 9.50. The molecule has 0 radical (unpaired) electrons. The second kappa shape index (κ2) is 7.50. The molecule has 0 saturated heterocycles. The highest BCUT2D eigenvalue weighted by atomic mass is 35.5. The third kappa shape index (κ3) is 3.86. The SMILES string of the molecule is O=C(NCc1cccc(Cn2cccn2)c1)c1sc2cc(F)ccc2c1Cl. The molecule has 0 unspecified atom stereocenters. The largest absolute Gasteiger partial charge is 0.347 e. The summed E-state index contributed by atoms with van der Waals surface area (Å²) in [5, 5.41) is 8.14. The predicted octanol–water partition coefficient (Wildman–Crippen LogP) is 4.87. The van der Waals surface area contributed by atoms with E-state index in [1.54, 1.807) is 12.3 Å². The van der Waals surface area contributed by atoms with Gasteiger partial charge >= 0.3 is 0 Å². The van der Waals surface area contributed by atoms with Gasteiger partial charge in [-0.3, -0.25) is 9.48 Å². The average Bonchev–Trinajstić information content (AvgIpc) is 3.28. The standard InChI is InChI=1S/C20H15ClFN3OS/c21-18-16-6-5-15(22)10-17(16)27-19(18)20(26)23-11-13-3-1-4-14(9-13)12-25-8-2-7-24-25/h1-10H,11-12H2,(H,23,26). The number of benzene rings is 2. The third-order valence-corrected chi connectivity index (χ3v) is 5.80. The van der Waals surface area contributed by atoms with E-state index in [0.717, 1.165) is 11.1 Å². The van der Waals surface area contributed by atoms with Gasteiger partial charge in [-0.2, -0.15) is 5.10 Å². The summed E-state index contributed by atoms with van der Waals surface area (Å²) in [5.74, 6) is -0.611. The van der Waals surface area contributed by atoms with Gasteiger partial charge in [0.05, 0.1) is 11.6 Å². The summed E-state index contributed by atoms with van der Waals surface area (Å²) < 4.78 is 15.9. The van der Waals surface area contributed by atoms with Crippen molar-refractivity contribution in [1.82, 2.24) is 15.1 Å². The molecule has 7 heteroatoms. The molecule has 0 saturated carbocycles. The number of nitrogens with zero attached hydrogens (tertiary/aromatic N) is 2. The maximum atomic E-state index is 13.4. The summed E-state index contributed by atoms with van der Waals surface area (Å²) in [6.45, 7) is 1.05. The predicted molar refractivity (Wildman–Crippen MR) is 106 cm³/mol. The van der Waals surface area contributed by atoms with E-state index in [0.29, 0.717) is 33.1 Å². The Kier molecular flexibility index (Phi) is 4.92. The Morgan fingerprint density at radius 2 is 2.04 bits per heavy atom. The molecule has 4 rings (SSSR count). The molecular formula is C20H15ClFN3OS. The van der Waals surface area contributed by atoms with Crippen molar-refractivity contribution in [2.24, 2.45) is 0 Å². The smallest absolute Gasteiger partial charge is 0.263 e. The second-order valence-corrected chi connectivity index (χ2v) is 7.52. The van der Waals surface area contributed by atoms with E-state index in [2.05, 4.69) is 10.4 Å². The van der Waals surface area contributed by atoms with Crippen LogP contribution in [0.2, 0.25) is 5.02 Å². The molecule has 0 aliphatic carbocycles. The number of nitrogens with one attached hydrogen (secondary N) is 1. The minimum Gasteiger partial charge on any atom is -0.347 e. The molecule has 2 aromatic heterocycles. The molecule has 0 bridgehead atoms. The summed E-state index contributed by atoms with van der Waals surface area (Å²) in [7, 11) is 0. The van der Waals surface area contributed by atoms with E-state index in [9.17, 15) is 9.18 Å². The normalized spacial score (nSPS) is 11.0. The average molecular weight is 400 g/mol. The highest BCUT2D eigenvalue weighted by Crippen LogP contribution is 2.35. The zero-order valence-corrected chi connectivity index (χ0v) is 15.7. The molecule has 1 amide bonds. The molecule has 2 aromatic carbocycles. The maximum absolute atomic E-state index is 13.4. The van der Waals surface area contributed by atoms with E-state index < -0.39 is 0 Å². The van der Waals surface area contributed by atoms with Gasteiger partial charge in [-0.15, -0.1) is 11.3 Å². The summed E-state index contributed by atoms with van der Waals surface area (Å²) in [4.78, 5) is 12.9. The van der Waals surface area contributed by atoms with Crippen molar-refractivity contribution in [1.29, 1.82) is 0 Å². The molecule has 1 N–H and O–H groups in total. The number of amides is 1. The maximum Gasteiger partial charge on any atom is 0.263 e. The van der Waals surface area contributed by atoms with E-state index in [4.69, 9.17) is 11.6 Å². The van der Waals surface area contributed by atoms with Crippen LogP contribution in [-0.2, 0) is 13.1 Å². The van der Waals surface area contributed by atoms with Crippen LogP contribution in [0.1, 0.15) is 20.8 Å². The van der Waals surface area contributed by atoms with Crippen LogP contribution in [0.15, 0.2) is 60.9 Å². The number of rotatable bonds is 5. The lowest BCUT2D eigenvalue weighted by Crippen LogP contribution is -2.22. The summed E-state index contributed by atoms with van der Waals surface area (Å²) >= 11 is 7.50.